The molecule has 25 heavy (non-hydrogen) atoms. The van der Waals surface area contributed by atoms with Gasteiger partial charge in [-0.25, -0.2) is 9.97 Å². The molecule has 1 saturated heterocycles. The van der Waals surface area contributed by atoms with Crippen LogP contribution in [-0.4, -0.2) is 56.1 Å². The fourth-order valence-electron chi connectivity index (χ4n) is 3.76. The summed E-state index contributed by atoms with van der Waals surface area (Å²) in [6.07, 6.45) is 6.85. The molecule has 0 amide bonds. The zero-order chi connectivity index (χ0) is 17.0. The van der Waals surface area contributed by atoms with E-state index in [1.54, 1.807) is 11.0 Å². The first-order valence-electron chi connectivity index (χ1n) is 8.66. The Labute approximate surface area is 145 Å². The summed E-state index contributed by atoms with van der Waals surface area (Å²) in [7, 11) is 3.99. The Kier molecular flexibility index (Phi) is 3.13. The quantitative estimate of drug-likeness (QED) is 0.705. The summed E-state index contributed by atoms with van der Waals surface area (Å²) < 4.78 is 1.78. The largest absolute Gasteiger partial charge is 0.352 e. The molecule has 0 atom stereocenters. The Bertz CT molecular complexity index is 943. The number of aromatic nitrogens is 6. The SMILES string of the molecule is CN(c1ncnc2c1cnn2C)C1CN(c2cc3c(nn2)CCC3)C1. The molecular formula is C17H20N8. The highest BCUT2D eigenvalue weighted by Crippen LogP contribution is 2.29. The molecule has 1 aliphatic carbocycles. The predicted molar refractivity (Wildman–Crippen MR) is 94.8 cm³/mol. The summed E-state index contributed by atoms with van der Waals surface area (Å²) in [6, 6.07) is 2.61. The lowest BCUT2D eigenvalue weighted by Gasteiger charge is -2.45. The number of hydrogen-bond acceptors (Lipinski definition) is 7. The van der Waals surface area contributed by atoms with Crippen molar-refractivity contribution in [3.05, 3.63) is 29.8 Å². The normalized spacial score (nSPS) is 17.0. The van der Waals surface area contributed by atoms with Gasteiger partial charge in [-0.3, -0.25) is 4.68 Å². The molecule has 1 aliphatic heterocycles. The van der Waals surface area contributed by atoms with Crippen molar-refractivity contribution in [2.45, 2.75) is 25.3 Å². The number of anilines is 2. The smallest absolute Gasteiger partial charge is 0.163 e. The van der Waals surface area contributed by atoms with Crippen LogP contribution < -0.4 is 9.80 Å². The topological polar surface area (TPSA) is 75.9 Å². The van der Waals surface area contributed by atoms with Gasteiger partial charge in [-0.15, -0.1) is 5.10 Å². The second-order valence-electron chi connectivity index (χ2n) is 6.90. The van der Waals surface area contributed by atoms with Crippen molar-refractivity contribution in [3.8, 4) is 0 Å². The number of nitrogens with zero attached hydrogens (tertiary/aromatic N) is 8. The second-order valence-corrected chi connectivity index (χ2v) is 6.90. The van der Waals surface area contributed by atoms with Crippen LogP contribution in [0, 0.1) is 0 Å². The summed E-state index contributed by atoms with van der Waals surface area (Å²) in [6.45, 7) is 1.85. The van der Waals surface area contributed by atoms with Gasteiger partial charge in [0.05, 0.1) is 23.3 Å². The van der Waals surface area contributed by atoms with Crippen molar-refractivity contribution in [2.24, 2.45) is 7.05 Å². The highest BCUT2D eigenvalue weighted by molar-refractivity contribution is 5.86. The summed E-state index contributed by atoms with van der Waals surface area (Å²) in [5.41, 5.74) is 3.41. The van der Waals surface area contributed by atoms with Crippen LogP contribution in [0.25, 0.3) is 11.0 Å². The van der Waals surface area contributed by atoms with Crippen LogP contribution in [0.2, 0.25) is 0 Å². The van der Waals surface area contributed by atoms with Gasteiger partial charge < -0.3 is 9.80 Å². The fourth-order valence-corrected chi connectivity index (χ4v) is 3.76. The standard InChI is InChI=1S/C17H20N8/c1-23(16-13-7-20-24(2)17(13)19-10-18-16)12-8-25(9-12)15-6-11-4-3-5-14(11)21-22-15/h6-7,10,12H,3-5,8-9H2,1-2H3. The Morgan fingerprint density at radius 2 is 2.04 bits per heavy atom. The van der Waals surface area contributed by atoms with Crippen molar-refractivity contribution in [1.29, 1.82) is 0 Å². The van der Waals surface area contributed by atoms with Gasteiger partial charge in [0.25, 0.3) is 0 Å². The van der Waals surface area contributed by atoms with Crippen LogP contribution in [0.5, 0.6) is 0 Å². The monoisotopic (exact) mass is 336 g/mol. The molecule has 4 heterocycles. The molecular weight excluding hydrogens is 316 g/mol. The van der Waals surface area contributed by atoms with E-state index in [9.17, 15) is 0 Å². The van der Waals surface area contributed by atoms with Gasteiger partial charge in [0.2, 0.25) is 0 Å². The molecule has 0 bridgehead atoms. The molecule has 2 aliphatic rings. The summed E-state index contributed by atoms with van der Waals surface area (Å²) >= 11 is 0. The van der Waals surface area contributed by atoms with Gasteiger partial charge in [-0.1, -0.05) is 0 Å². The van der Waals surface area contributed by atoms with Crippen LogP contribution >= 0.6 is 0 Å². The van der Waals surface area contributed by atoms with E-state index >= 15 is 0 Å². The van der Waals surface area contributed by atoms with E-state index in [1.165, 1.54) is 17.7 Å². The molecule has 0 spiro atoms. The molecule has 8 heteroatoms. The molecule has 0 N–H and O–H groups in total. The fraction of sp³-hybridized carbons (Fsp3) is 0.471. The van der Waals surface area contributed by atoms with E-state index in [-0.39, 0.29) is 0 Å². The molecule has 3 aromatic rings. The van der Waals surface area contributed by atoms with Gasteiger partial charge >= 0.3 is 0 Å². The molecule has 1 fully saturated rings. The average molecular weight is 336 g/mol. The van der Waals surface area contributed by atoms with E-state index in [4.69, 9.17) is 0 Å². The van der Waals surface area contributed by atoms with Gasteiger partial charge in [0.15, 0.2) is 11.5 Å². The zero-order valence-electron chi connectivity index (χ0n) is 14.4. The third kappa shape index (κ3) is 2.24. The van der Waals surface area contributed by atoms with Crippen LogP contribution in [0.4, 0.5) is 11.6 Å². The van der Waals surface area contributed by atoms with Crippen LogP contribution in [0.15, 0.2) is 18.6 Å². The molecule has 128 valence electrons. The van der Waals surface area contributed by atoms with Crippen molar-refractivity contribution >= 4 is 22.7 Å². The maximum atomic E-state index is 4.48. The van der Waals surface area contributed by atoms with Crippen LogP contribution in [-0.2, 0) is 19.9 Å². The van der Waals surface area contributed by atoms with Gasteiger partial charge in [-0.05, 0) is 30.9 Å². The molecule has 8 nitrogen and oxygen atoms in total. The Balaban J connectivity index is 1.34. The number of hydrogen-bond donors (Lipinski definition) is 0. The molecule has 0 aromatic carbocycles. The highest BCUT2D eigenvalue weighted by Gasteiger charge is 2.33. The zero-order valence-corrected chi connectivity index (χ0v) is 14.4. The van der Waals surface area contributed by atoms with E-state index in [1.807, 2.05) is 13.2 Å². The van der Waals surface area contributed by atoms with E-state index in [0.29, 0.717) is 6.04 Å². The summed E-state index contributed by atoms with van der Waals surface area (Å²) in [5.74, 6) is 1.93. The number of fused-ring (bicyclic) bond motifs is 2. The van der Waals surface area contributed by atoms with Crippen molar-refractivity contribution in [1.82, 2.24) is 29.9 Å². The molecule has 0 radical (unpaired) electrons. The van der Waals surface area contributed by atoms with Gasteiger partial charge in [0.1, 0.15) is 12.1 Å². The highest BCUT2D eigenvalue weighted by atomic mass is 15.4. The van der Waals surface area contributed by atoms with Crippen LogP contribution in [0.3, 0.4) is 0 Å². The minimum Gasteiger partial charge on any atom is -0.352 e. The van der Waals surface area contributed by atoms with Crippen molar-refractivity contribution < 1.29 is 0 Å². The number of aryl methyl sites for hydroxylation is 3. The van der Waals surface area contributed by atoms with E-state index in [2.05, 4.69) is 48.2 Å². The van der Waals surface area contributed by atoms with E-state index < -0.39 is 0 Å². The third-order valence-electron chi connectivity index (χ3n) is 5.38. The third-order valence-corrected chi connectivity index (χ3v) is 5.38. The predicted octanol–water partition coefficient (Wildman–Crippen LogP) is 0.967. The first-order valence-corrected chi connectivity index (χ1v) is 8.66. The minimum absolute atomic E-state index is 0.397. The van der Waals surface area contributed by atoms with Gasteiger partial charge in [-0.2, -0.15) is 10.2 Å². The molecule has 0 unspecified atom stereocenters. The Hall–Kier alpha value is -2.77. The molecule has 3 aromatic heterocycles. The Morgan fingerprint density at radius 1 is 1.16 bits per heavy atom. The summed E-state index contributed by atoms with van der Waals surface area (Å²) in [4.78, 5) is 13.3. The number of likely N-dealkylation sites (N-methyl/N-ethyl adjacent to an activating group) is 1. The lowest BCUT2D eigenvalue weighted by molar-refractivity contribution is 0.488. The average Bonchev–Trinajstić information content (AvgIpc) is 3.20. The Morgan fingerprint density at radius 3 is 2.92 bits per heavy atom. The van der Waals surface area contributed by atoms with E-state index in [0.717, 1.165) is 48.6 Å². The summed E-state index contributed by atoms with van der Waals surface area (Å²) in [5, 5.41) is 14.1. The van der Waals surface area contributed by atoms with Crippen molar-refractivity contribution in [3.63, 3.8) is 0 Å². The number of rotatable bonds is 3. The lowest BCUT2D eigenvalue weighted by atomic mass is 10.1. The first-order chi connectivity index (χ1) is 12.2. The maximum absolute atomic E-state index is 4.48. The minimum atomic E-state index is 0.397. The first kappa shape index (κ1) is 14.6. The molecule has 0 saturated carbocycles. The second kappa shape index (κ2) is 5.37. The lowest BCUT2D eigenvalue weighted by Crippen LogP contribution is -2.59. The van der Waals surface area contributed by atoms with Gasteiger partial charge in [0, 0.05) is 27.2 Å². The van der Waals surface area contributed by atoms with Crippen LogP contribution in [0.1, 0.15) is 17.7 Å². The van der Waals surface area contributed by atoms with Crippen molar-refractivity contribution in [2.75, 3.05) is 29.9 Å². The molecule has 5 rings (SSSR count). The maximum Gasteiger partial charge on any atom is 0.163 e.